The second-order valence-corrected chi connectivity index (χ2v) is 9.80. The number of nitrogens with zero attached hydrogens (tertiary/aromatic N) is 1. The van der Waals surface area contributed by atoms with Crippen LogP contribution in [0.2, 0.25) is 5.02 Å². The lowest BCUT2D eigenvalue weighted by Gasteiger charge is -2.32. The van der Waals surface area contributed by atoms with Gasteiger partial charge in [-0.2, -0.15) is 0 Å². The highest BCUT2D eigenvalue weighted by Crippen LogP contribution is 2.34. The number of benzene rings is 1. The molecule has 1 N–H and O–H groups in total. The predicted molar refractivity (Wildman–Crippen MR) is 114 cm³/mol. The molecule has 1 aliphatic rings. The van der Waals surface area contributed by atoms with Gasteiger partial charge < -0.3 is 15.0 Å². The van der Waals surface area contributed by atoms with Crippen LogP contribution in [0.1, 0.15) is 38.2 Å². The zero-order valence-electron chi connectivity index (χ0n) is 16.7. The third-order valence-corrected chi connectivity index (χ3v) is 6.83. The molecule has 1 aromatic carbocycles. The van der Waals surface area contributed by atoms with Crippen LogP contribution in [0.5, 0.6) is 5.75 Å². The molecule has 6 nitrogen and oxygen atoms in total. The molecule has 0 aromatic heterocycles. The zero-order valence-corrected chi connectivity index (χ0v) is 18.3. The summed E-state index contributed by atoms with van der Waals surface area (Å²) >= 11 is 6.30. The quantitative estimate of drug-likeness (QED) is 0.683. The minimum absolute atomic E-state index is 0.0203. The first kappa shape index (κ1) is 22.6. The molecule has 2 rings (SSSR count). The zero-order chi connectivity index (χ0) is 20.9. The molecule has 0 spiro atoms. The van der Waals surface area contributed by atoms with Crippen LogP contribution >= 0.6 is 11.6 Å². The van der Waals surface area contributed by atoms with Crippen LogP contribution in [0.15, 0.2) is 24.1 Å². The first-order valence-corrected chi connectivity index (χ1v) is 11.5. The number of sulfone groups is 1. The van der Waals surface area contributed by atoms with Crippen LogP contribution in [-0.2, 0) is 14.6 Å². The number of nitrogens with one attached hydrogen (secondary N) is 1. The van der Waals surface area contributed by atoms with E-state index in [9.17, 15) is 13.2 Å². The van der Waals surface area contributed by atoms with Crippen LogP contribution < -0.4 is 10.1 Å². The van der Waals surface area contributed by atoms with E-state index in [1.54, 1.807) is 18.1 Å². The molecule has 0 saturated carbocycles. The largest absolute Gasteiger partial charge is 0.495 e. The number of carbonyl (C=O) groups excluding carboxylic acids is 1. The summed E-state index contributed by atoms with van der Waals surface area (Å²) in [5.74, 6) is 1.01. The second kappa shape index (κ2) is 9.65. The average molecular weight is 429 g/mol. The standard InChI is InChI=1S/C20H29ClN2O4S/c1-5-28(25,26)13-15-6-8-23(9-7-15)20(24)12-22-18-10-16(14(2)3)17(21)11-19(18)27-4/h5,10-11,14-15,22H,1,6-9,12-13H2,2-4H3. The number of amides is 1. The first-order valence-electron chi connectivity index (χ1n) is 9.41. The van der Waals surface area contributed by atoms with Crippen molar-refractivity contribution < 1.29 is 17.9 Å². The van der Waals surface area contributed by atoms with Crippen LogP contribution in [0.25, 0.3) is 0 Å². The highest BCUT2D eigenvalue weighted by Gasteiger charge is 2.25. The molecular formula is C20H29ClN2O4S. The van der Waals surface area contributed by atoms with Crippen molar-refractivity contribution >= 4 is 33.0 Å². The van der Waals surface area contributed by atoms with Gasteiger partial charge in [-0.15, -0.1) is 0 Å². The Morgan fingerprint density at radius 1 is 1.39 bits per heavy atom. The molecule has 1 aromatic rings. The molecular weight excluding hydrogens is 400 g/mol. The third kappa shape index (κ3) is 5.88. The molecule has 0 atom stereocenters. The number of methoxy groups -OCH3 is 1. The summed E-state index contributed by atoms with van der Waals surface area (Å²) in [5, 5.41) is 4.81. The van der Waals surface area contributed by atoms with Crippen LogP contribution in [0.3, 0.4) is 0 Å². The molecule has 1 saturated heterocycles. The maximum Gasteiger partial charge on any atom is 0.241 e. The third-order valence-electron chi connectivity index (χ3n) is 5.06. The average Bonchev–Trinajstić information content (AvgIpc) is 2.66. The molecule has 28 heavy (non-hydrogen) atoms. The topological polar surface area (TPSA) is 75.7 Å². The van der Waals surface area contributed by atoms with E-state index >= 15 is 0 Å². The van der Waals surface area contributed by atoms with Gasteiger partial charge in [-0.25, -0.2) is 8.42 Å². The Balaban J connectivity index is 1.94. The smallest absolute Gasteiger partial charge is 0.241 e. The molecule has 1 aliphatic heterocycles. The number of hydrogen-bond donors (Lipinski definition) is 1. The van der Waals surface area contributed by atoms with Gasteiger partial charge in [0, 0.05) is 29.6 Å². The minimum Gasteiger partial charge on any atom is -0.495 e. The maximum atomic E-state index is 12.6. The molecule has 0 aliphatic carbocycles. The normalized spacial score (nSPS) is 15.5. The van der Waals surface area contributed by atoms with Crippen molar-refractivity contribution in [2.75, 3.05) is 37.8 Å². The van der Waals surface area contributed by atoms with Crippen LogP contribution in [0.4, 0.5) is 5.69 Å². The van der Waals surface area contributed by atoms with E-state index in [1.807, 2.05) is 6.07 Å². The number of ether oxygens (including phenoxy) is 1. The van der Waals surface area contributed by atoms with Crippen molar-refractivity contribution in [1.82, 2.24) is 4.90 Å². The van der Waals surface area contributed by atoms with E-state index in [2.05, 4.69) is 25.7 Å². The number of anilines is 1. The fraction of sp³-hybridized carbons (Fsp3) is 0.550. The van der Waals surface area contributed by atoms with Crippen molar-refractivity contribution in [3.8, 4) is 5.75 Å². The fourth-order valence-corrected chi connectivity index (χ4v) is 4.85. The molecule has 156 valence electrons. The molecule has 1 heterocycles. The van der Waals surface area contributed by atoms with E-state index in [4.69, 9.17) is 16.3 Å². The number of carbonyl (C=O) groups is 1. The van der Waals surface area contributed by atoms with Crippen molar-refractivity contribution in [2.45, 2.75) is 32.6 Å². The van der Waals surface area contributed by atoms with Crippen molar-refractivity contribution in [3.63, 3.8) is 0 Å². The monoisotopic (exact) mass is 428 g/mol. The first-order chi connectivity index (χ1) is 13.2. The van der Waals surface area contributed by atoms with Gasteiger partial charge in [0.15, 0.2) is 9.84 Å². The summed E-state index contributed by atoms with van der Waals surface area (Å²) in [7, 11) is -1.64. The lowest BCUT2D eigenvalue weighted by molar-refractivity contribution is -0.130. The van der Waals surface area contributed by atoms with E-state index in [-0.39, 0.29) is 30.0 Å². The van der Waals surface area contributed by atoms with Gasteiger partial charge in [0.2, 0.25) is 5.91 Å². The summed E-state index contributed by atoms with van der Waals surface area (Å²) in [5.41, 5.74) is 1.72. The molecule has 0 bridgehead atoms. The number of rotatable bonds is 8. The van der Waals surface area contributed by atoms with E-state index in [0.29, 0.717) is 36.7 Å². The van der Waals surface area contributed by atoms with Gasteiger partial charge >= 0.3 is 0 Å². The Morgan fingerprint density at radius 3 is 2.57 bits per heavy atom. The van der Waals surface area contributed by atoms with Gasteiger partial charge in [-0.05, 0) is 36.3 Å². The highest BCUT2D eigenvalue weighted by atomic mass is 35.5. The molecule has 1 fully saturated rings. The van der Waals surface area contributed by atoms with Gasteiger partial charge in [-0.1, -0.05) is 32.0 Å². The minimum atomic E-state index is -3.20. The molecule has 0 radical (unpaired) electrons. The number of piperidine rings is 1. The Bertz CT molecular complexity index is 816. The Kier molecular flexibility index (Phi) is 7.78. The number of halogens is 1. The Hall–Kier alpha value is -1.73. The van der Waals surface area contributed by atoms with Gasteiger partial charge in [0.25, 0.3) is 0 Å². The molecule has 0 unspecified atom stereocenters. The number of hydrogen-bond acceptors (Lipinski definition) is 5. The predicted octanol–water partition coefficient (Wildman–Crippen LogP) is 3.68. The summed E-state index contributed by atoms with van der Waals surface area (Å²) in [6.07, 6.45) is 1.36. The number of likely N-dealkylation sites (tertiary alicyclic amines) is 1. The van der Waals surface area contributed by atoms with Gasteiger partial charge in [-0.3, -0.25) is 4.79 Å². The maximum absolute atomic E-state index is 12.6. The van der Waals surface area contributed by atoms with E-state index in [0.717, 1.165) is 16.7 Å². The Labute approximate surface area is 172 Å². The molecule has 8 heteroatoms. The van der Waals surface area contributed by atoms with Gasteiger partial charge in [0.1, 0.15) is 5.75 Å². The van der Waals surface area contributed by atoms with E-state index in [1.165, 1.54) is 0 Å². The van der Waals surface area contributed by atoms with Crippen molar-refractivity contribution in [2.24, 2.45) is 5.92 Å². The van der Waals surface area contributed by atoms with E-state index < -0.39 is 9.84 Å². The second-order valence-electron chi connectivity index (χ2n) is 7.40. The molecule has 1 amide bonds. The van der Waals surface area contributed by atoms with Crippen molar-refractivity contribution in [1.29, 1.82) is 0 Å². The van der Waals surface area contributed by atoms with Gasteiger partial charge in [0.05, 0.1) is 25.1 Å². The lowest BCUT2D eigenvalue weighted by atomic mass is 9.99. The summed E-state index contributed by atoms with van der Waals surface area (Å²) in [6.45, 7) is 8.73. The fourth-order valence-electron chi connectivity index (χ4n) is 3.35. The summed E-state index contributed by atoms with van der Waals surface area (Å²) < 4.78 is 28.7. The van der Waals surface area contributed by atoms with Crippen LogP contribution in [0, 0.1) is 5.92 Å². The Morgan fingerprint density at radius 2 is 2.04 bits per heavy atom. The summed E-state index contributed by atoms with van der Waals surface area (Å²) in [4.78, 5) is 14.3. The SMILES string of the molecule is C=CS(=O)(=O)CC1CCN(C(=O)CNc2cc(C(C)C)c(Cl)cc2OC)CC1. The lowest BCUT2D eigenvalue weighted by Crippen LogP contribution is -2.42. The summed E-state index contributed by atoms with van der Waals surface area (Å²) in [6, 6.07) is 3.68. The van der Waals surface area contributed by atoms with Crippen molar-refractivity contribution in [3.05, 3.63) is 34.7 Å². The highest BCUT2D eigenvalue weighted by molar-refractivity contribution is 7.94. The van der Waals surface area contributed by atoms with Crippen LogP contribution in [-0.4, -0.2) is 51.7 Å².